The lowest BCUT2D eigenvalue weighted by Gasteiger charge is -2.44. The van der Waals surface area contributed by atoms with Crippen molar-refractivity contribution in [1.82, 2.24) is 0 Å². The van der Waals surface area contributed by atoms with Crippen LogP contribution in [0.1, 0.15) is 317 Å². The molecule has 0 spiro atoms. The van der Waals surface area contributed by atoms with E-state index in [1.807, 2.05) is 51.1 Å². The maximum atomic E-state index is 12.6. The molecule has 0 aromatic heterocycles. The number of halogens is 2. The minimum atomic E-state index is -0.277. The monoisotopic (exact) mass is 1330 g/mol. The molecule has 96 heavy (non-hydrogen) atoms. The highest BCUT2D eigenvalue weighted by atomic mass is 19.1. The van der Waals surface area contributed by atoms with E-state index < -0.39 is 0 Å². The van der Waals surface area contributed by atoms with Crippen LogP contribution in [0.5, 0.6) is 0 Å². The Morgan fingerprint density at radius 3 is 1.36 bits per heavy atom. The third-order valence-electron chi connectivity index (χ3n) is 19.6. The lowest BCUT2D eigenvalue weighted by molar-refractivity contribution is -0.170. The Labute approximate surface area is 590 Å². The SMILES string of the molecule is CC1(C)CCCC1.CC1(C)CCCCC1.CC1(C)CCOCC1.CC1CC(C)(C)C1.CC1CC(C)(C)OC(C)(C)C1.CC1CC(C)C1.CCC(=O)c1cccc(C)c1.CCC1CCOCC1.CCc1cc(F)ccc1C#N.CCc1ccc(C)cc1.[C-]#[N+]c1ccc(F)c(C)c1. The van der Waals surface area contributed by atoms with Crippen LogP contribution < -0.4 is 0 Å². The molecule has 0 unspecified atom stereocenters. The van der Waals surface area contributed by atoms with Crippen LogP contribution >= 0.6 is 0 Å². The van der Waals surface area contributed by atoms with Gasteiger partial charge in [0.2, 0.25) is 0 Å². The number of nitriles is 1. The molecule has 3 saturated heterocycles. The van der Waals surface area contributed by atoms with E-state index in [2.05, 4.69) is 161 Å². The first-order valence-corrected chi connectivity index (χ1v) is 37.7. The number of hydrogen-bond acceptors (Lipinski definition) is 5. The van der Waals surface area contributed by atoms with Gasteiger partial charge in [-0.2, -0.15) is 5.26 Å². The van der Waals surface area contributed by atoms with Gasteiger partial charge in [-0.1, -0.05) is 215 Å². The smallest absolute Gasteiger partial charge is 0.187 e. The van der Waals surface area contributed by atoms with Crippen LogP contribution in [0.4, 0.5) is 14.5 Å². The molecular formula is C88H142F2N2O4. The Hall–Kier alpha value is -4.73. The second kappa shape index (κ2) is 45.8. The van der Waals surface area contributed by atoms with Gasteiger partial charge in [0.25, 0.3) is 0 Å². The van der Waals surface area contributed by atoms with Crippen molar-refractivity contribution in [2.75, 3.05) is 26.4 Å². The largest absolute Gasteiger partial charge is 0.381 e. The molecular weight excluding hydrogens is 1190 g/mol. The molecule has 4 aromatic rings. The minimum Gasteiger partial charge on any atom is -0.381 e. The molecule has 3 aliphatic heterocycles. The zero-order valence-corrected chi connectivity index (χ0v) is 65.8. The quantitative estimate of drug-likeness (QED) is 0.147. The van der Waals surface area contributed by atoms with E-state index in [0.717, 1.165) is 79.1 Å². The second-order valence-electron chi connectivity index (χ2n) is 33.6. The summed E-state index contributed by atoms with van der Waals surface area (Å²) in [6.07, 6.45) is 30.1. The first-order valence-electron chi connectivity index (χ1n) is 37.7. The van der Waals surface area contributed by atoms with E-state index in [1.165, 1.54) is 176 Å². The molecule has 0 radical (unpaired) electrons. The van der Waals surface area contributed by atoms with Crippen LogP contribution in [0.15, 0.2) is 84.9 Å². The van der Waals surface area contributed by atoms with Crippen molar-refractivity contribution >= 4 is 11.5 Å². The minimum absolute atomic E-state index is 0.0845. The normalized spacial score (nSPS) is 21.1. The van der Waals surface area contributed by atoms with E-state index in [1.54, 1.807) is 6.92 Å². The molecule has 4 aromatic carbocycles. The molecule has 11 rings (SSSR count). The van der Waals surface area contributed by atoms with E-state index >= 15 is 0 Å². The average Bonchev–Trinajstić information content (AvgIpc) is 1.01. The number of hydrogen-bond donors (Lipinski definition) is 0. The van der Waals surface area contributed by atoms with Crippen LogP contribution in [-0.4, -0.2) is 43.4 Å². The van der Waals surface area contributed by atoms with E-state index in [9.17, 15) is 13.6 Å². The van der Waals surface area contributed by atoms with Gasteiger partial charge in [0.05, 0.1) is 29.4 Å². The van der Waals surface area contributed by atoms with E-state index in [4.69, 9.17) is 26.0 Å². The summed E-state index contributed by atoms with van der Waals surface area (Å²) < 4.78 is 41.4. The van der Waals surface area contributed by atoms with Crippen LogP contribution in [0.3, 0.4) is 0 Å². The van der Waals surface area contributed by atoms with Crippen LogP contribution in [-0.2, 0) is 27.1 Å². The predicted molar refractivity (Wildman–Crippen MR) is 408 cm³/mol. The molecule has 0 bridgehead atoms. The number of carbonyl (C=O) groups is 1. The van der Waals surface area contributed by atoms with Gasteiger partial charge in [-0.15, -0.1) is 0 Å². The van der Waals surface area contributed by atoms with E-state index in [-0.39, 0.29) is 28.6 Å². The number of carbonyl (C=O) groups excluding carboxylic acids is 1. The van der Waals surface area contributed by atoms with Crippen molar-refractivity contribution in [3.8, 4) is 6.07 Å². The lowest BCUT2D eigenvalue weighted by Crippen LogP contribution is -2.44. The molecule has 7 fully saturated rings. The van der Waals surface area contributed by atoms with Crippen molar-refractivity contribution in [1.29, 1.82) is 5.26 Å². The fourth-order valence-electron chi connectivity index (χ4n) is 14.1. The van der Waals surface area contributed by atoms with Crippen molar-refractivity contribution in [3.05, 3.63) is 147 Å². The van der Waals surface area contributed by atoms with Crippen LogP contribution in [0, 0.1) is 102 Å². The Morgan fingerprint density at radius 1 is 0.552 bits per heavy atom. The summed E-state index contributed by atoms with van der Waals surface area (Å²) in [5, 5.41) is 8.57. The number of aryl methyl sites for hydroxylation is 5. The van der Waals surface area contributed by atoms with E-state index in [0.29, 0.717) is 51.3 Å². The Bertz CT molecular complexity index is 2740. The lowest BCUT2D eigenvalue weighted by atomic mass is 9.65. The summed E-state index contributed by atoms with van der Waals surface area (Å²) in [7, 11) is 0. The summed E-state index contributed by atoms with van der Waals surface area (Å²) in [5.41, 5.74) is 9.86. The van der Waals surface area contributed by atoms with Gasteiger partial charge in [0, 0.05) is 38.4 Å². The highest BCUT2D eigenvalue weighted by Crippen LogP contribution is 2.44. The first-order chi connectivity index (χ1) is 44.8. The van der Waals surface area contributed by atoms with Crippen molar-refractivity contribution < 1.29 is 27.8 Å². The highest BCUT2D eigenvalue weighted by Gasteiger charge is 2.37. The standard InChI is InChI=1S/C10H20O.C10H12O.C9H8FN.C9H12.C8H6FN.C8H16.2C7H14O.2C7H14.C6H12/c1-8-6-9(2,3)11-10(4,5)7-8;1-3-10(11)9-6-4-5-8(2)7-9;1-2-7-5-9(10)4-3-8(7)6-11;1-3-9-6-4-8(2)5-7-9;1-6-5-7(10-2)3-4-8(6)9;1-8(2)6-4-3-5-7-8;1-7(2)3-5-8-6-4-7;1-2-7-3-5-8-6-4-7;1-6-4-7(2,3)5-6;1-7(2)5-3-4-6-7;1-5-3-6(2)4-5/h8H,6-7H2,1-5H3;4-7H,3H2,1-2H3;3-5H,2H2,1H3;4-7H,3H2,1-2H3;3-5H,1H3;3-7H2,1-2H3;3-6H2,1-2H3;7H,2-6H2,1H3;6H,4-5H2,1-3H3;3-6H2,1-2H3;5-6H,3-4H2,1-2H3. The Kier molecular flexibility index (Phi) is 42.6. The molecule has 542 valence electrons. The number of benzene rings is 4. The molecule has 4 saturated carbocycles. The fraction of sp³-hybridized carbons (Fsp3) is 0.693. The number of Topliss-reactive ketones (excluding diaryl/α,β-unsaturated/α-hetero) is 1. The first kappa shape index (κ1) is 89.3. The van der Waals surface area contributed by atoms with Crippen LogP contribution in [0.25, 0.3) is 4.85 Å². The zero-order chi connectivity index (χ0) is 72.8. The van der Waals surface area contributed by atoms with Gasteiger partial charge < -0.3 is 14.2 Å². The maximum absolute atomic E-state index is 12.6. The molecule has 3 heterocycles. The maximum Gasteiger partial charge on any atom is 0.187 e. The number of rotatable bonds is 5. The summed E-state index contributed by atoms with van der Waals surface area (Å²) in [4.78, 5) is 14.3. The number of ether oxygens (including phenoxy) is 3. The van der Waals surface area contributed by atoms with Gasteiger partial charge >= 0.3 is 0 Å². The summed E-state index contributed by atoms with van der Waals surface area (Å²) in [6, 6.07) is 26.9. The third kappa shape index (κ3) is 42.3. The van der Waals surface area contributed by atoms with Gasteiger partial charge in [-0.05, 0) is 249 Å². The molecule has 8 heteroatoms. The molecule has 7 aliphatic rings. The number of ketones is 1. The molecule has 0 N–H and O–H groups in total. The molecule has 0 atom stereocenters. The molecule has 6 nitrogen and oxygen atoms in total. The van der Waals surface area contributed by atoms with Gasteiger partial charge in [0.15, 0.2) is 11.5 Å². The third-order valence-corrected chi connectivity index (χ3v) is 19.6. The fourth-order valence-corrected chi connectivity index (χ4v) is 14.1. The molecule has 4 aliphatic carbocycles. The molecule has 0 amide bonds. The highest BCUT2D eigenvalue weighted by molar-refractivity contribution is 5.95. The zero-order valence-electron chi connectivity index (χ0n) is 65.8. The Morgan fingerprint density at radius 2 is 1.04 bits per heavy atom. The summed E-state index contributed by atoms with van der Waals surface area (Å²) >= 11 is 0. The summed E-state index contributed by atoms with van der Waals surface area (Å²) in [6.45, 7) is 61.3. The van der Waals surface area contributed by atoms with Gasteiger partial charge in [-0.25, -0.2) is 13.6 Å². The van der Waals surface area contributed by atoms with Crippen molar-refractivity contribution in [2.45, 2.75) is 318 Å². The predicted octanol–water partition coefficient (Wildman–Crippen LogP) is 26.8. The van der Waals surface area contributed by atoms with Gasteiger partial charge in [0.1, 0.15) is 11.6 Å². The Balaban J connectivity index is 0.000000530. The van der Waals surface area contributed by atoms with Crippen molar-refractivity contribution in [3.63, 3.8) is 0 Å². The topological polar surface area (TPSA) is 72.9 Å². The number of nitrogens with zero attached hydrogens (tertiary/aromatic N) is 2. The average molecular weight is 1330 g/mol. The summed E-state index contributed by atoms with van der Waals surface area (Å²) in [5.74, 6) is 4.54. The van der Waals surface area contributed by atoms with Crippen LogP contribution in [0.2, 0.25) is 0 Å². The van der Waals surface area contributed by atoms with Gasteiger partial charge in [-0.3, -0.25) is 4.79 Å². The second-order valence-corrected chi connectivity index (χ2v) is 33.6. The van der Waals surface area contributed by atoms with Crippen molar-refractivity contribution in [2.24, 2.45) is 51.2 Å².